The van der Waals surface area contributed by atoms with E-state index in [1.165, 1.54) is 4.80 Å². The third-order valence-electron chi connectivity index (χ3n) is 2.03. The summed E-state index contributed by atoms with van der Waals surface area (Å²) >= 11 is 0. The quantitative estimate of drug-likeness (QED) is 0.635. The SMILES string of the molecule is N#CC(C#N)=NNc1ccc(-n2nccn2)cc1. The minimum Gasteiger partial charge on any atom is -0.277 e. The molecule has 0 fully saturated rings. The molecule has 0 spiro atoms. The smallest absolute Gasteiger partial charge is 0.237 e. The van der Waals surface area contributed by atoms with Gasteiger partial charge < -0.3 is 0 Å². The van der Waals surface area contributed by atoms with Gasteiger partial charge in [-0.1, -0.05) is 0 Å². The van der Waals surface area contributed by atoms with Gasteiger partial charge in [0.05, 0.1) is 23.8 Å². The van der Waals surface area contributed by atoms with Crippen LogP contribution in [0.4, 0.5) is 5.69 Å². The average Bonchev–Trinajstić information content (AvgIpc) is 2.94. The normalized spacial score (nSPS) is 9.00. The third kappa shape index (κ3) is 2.49. The van der Waals surface area contributed by atoms with E-state index in [1.54, 1.807) is 48.8 Å². The summed E-state index contributed by atoms with van der Waals surface area (Å²) in [5.41, 5.74) is 3.85. The standard InChI is InChI=1S/C11H7N7/c12-7-10(8-13)17-16-9-1-3-11(4-2-9)18-14-5-6-15-18/h1-6,16H. The van der Waals surface area contributed by atoms with Crippen LogP contribution in [0.5, 0.6) is 0 Å². The lowest BCUT2D eigenvalue weighted by molar-refractivity contribution is 0.752. The van der Waals surface area contributed by atoms with Crippen LogP contribution in [0.2, 0.25) is 0 Å². The highest BCUT2D eigenvalue weighted by atomic mass is 15.5. The Morgan fingerprint density at radius 3 is 2.28 bits per heavy atom. The van der Waals surface area contributed by atoms with Crippen molar-refractivity contribution in [3.05, 3.63) is 36.7 Å². The molecule has 18 heavy (non-hydrogen) atoms. The van der Waals surface area contributed by atoms with E-state index in [9.17, 15) is 0 Å². The van der Waals surface area contributed by atoms with Crippen LogP contribution in [-0.4, -0.2) is 20.7 Å². The molecule has 1 aromatic carbocycles. The van der Waals surface area contributed by atoms with Crippen molar-refractivity contribution in [2.45, 2.75) is 0 Å². The van der Waals surface area contributed by atoms with E-state index in [1.807, 2.05) is 0 Å². The summed E-state index contributed by atoms with van der Waals surface area (Å²) in [6.07, 6.45) is 3.17. The van der Waals surface area contributed by atoms with Gasteiger partial charge in [-0.2, -0.15) is 30.6 Å². The Morgan fingerprint density at radius 1 is 1.11 bits per heavy atom. The first-order valence-corrected chi connectivity index (χ1v) is 4.94. The maximum atomic E-state index is 8.51. The zero-order chi connectivity index (χ0) is 12.8. The molecule has 7 heteroatoms. The van der Waals surface area contributed by atoms with Crippen LogP contribution in [0.15, 0.2) is 41.8 Å². The number of hydrazone groups is 1. The molecule has 86 valence electrons. The molecule has 0 amide bonds. The van der Waals surface area contributed by atoms with Crippen molar-refractivity contribution in [3.8, 4) is 17.8 Å². The first-order chi connectivity index (χ1) is 8.83. The molecule has 1 heterocycles. The average molecular weight is 237 g/mol. The molecule has 0 aliphatic heterocycles. The van der Waals surface area contributed by atoms with Gasteiger partial charge in [-0.3, -0.25) is 5.43 Å². The van der Waals surface area contributed by atoms with Gasteiger partial charge >= 0.3 is 0 Å². The molecule has 1 N–H and O–H groups in total. The molecule has 2 aromatic rings. The number of nitrogens with zero attached hydrogens (tertiary/aromatic N) is 6. The largest absolute Gasteiger partial charge is 0.277 e. The number of nitriles is 2. The fourth-order valence-corrected chi connectivity index (χ4v) is 1.21. The summed E-state index contributed by atoms with van der Waals surface area (Å²) in [6, 6.07) is 10.4. The lowest BCUT2D eigenvalue weighted by atomic mass is 10.3. The van der Waals surface area contributed by atoms with Gasteiger partial charge in [-0.05, 0) is 24.3 Å². The molecule has 0 unspecified atom stereocenters. The number of nitrogens with one attached hydrogen (secondary N) is 1. The molecule has 7 nitrogen and oxygen atoms in total. The highest BCUT2D eigenvalue weighted by Crippen LogP contribution is 2.11. The van der Waals surface area contributed by atoms with E-state index in [0.717, 1.165) is 5.69 Å². The maximum Gasteiger partial charge on any atom is 0.237 e. The van der Waals surface area contributed by atoms with Crippen molar-refractivity contribution in [1.82, 2.24) is 15.0 Å². The van der Waals surface area contributed by atoms with Gasteiger partial charge in [0.1, 0.15) is 12.1 Å². The Hall–Kier alpha value is -3.19. The van der Waals surface area contributed by atoms with Gasteiger partial charge in [0, 0.05) is 0 Å². The van der Waals surface area contributed by atoms with E-state index < -0.39 is 0 Å². The van der Waals surface area contributed by atoms with Gasteiger partial charge in [-0.25, -0.2) is 0 Å². The summed E-state index contributed by atoms with van der Waals surface area (Å²) in [7, 11) is 0. The van der Waals surface area contributed by atoms with Crippen molar-refractivity contribution in [1.29, 1.82) is 10.5 Å². The first-order valence-electron chi connectivity index (χ1n) is 4.94. The van der Waals surface area contributed by atoms with E-state index in [-0.39, 0.29) is 5.71 Å². The van der Waals surface area contributed by atoms with Crippen LogP contribution in [0.25, 0.3) is 5.69 Å². The van der Waals surface area contributed by atoms with Gasteiger partial charge in [0.25, 0.3) is 0 Å². The second-order valence-electron chi connectivity index (χ2n) is 3.16. The Balaban J connectivity index is 2.12. The van der Waals surface area contributed by atoms with E-state index in [0.29, 0.717) is 5.69 Å². The number of anilines is 1. The molecule has 0 saturated carbocycles. The van der Waals surface area contributed by atoms with Crippen LogP contribution < -0.4 is 5.43 Å². The predicted octanol–water partition coefficient (Wildman–Crippen LogP) is 1.08. The summed E-state index contributed by atoms with van der Waals surface area (Å²) in [5.74, 6) is 0. The topological polar surface area (TPSA) is 103 Å². The van der Waals surface area contributed by atoms with Crippen LogP contribution >= 0.6 is 0 Å². The van der Waals surface area contributed by atoms with Crippen LogP contribution in [0, 0.1) is 22.7 Å². The Bertz CT molecular complexity index is 610. The Labute approximate surface area is 103 Å². The summed E-state index contributed by atoms with van der Waals surface area (Å²) in [4.78, 5) is 1.48. The summed E-state index contributed by atoms with van der Waals surface area (Å²) in [5, 5.41) is 28.6. The highest BCUT2D eigenvalue weighted by Gasteiger charge is 1.98. The molecule has 2 rings (SSSR count). The fraction of sp³-hybridized carbons (Fsp3) is 0. The number of hydrogen-bond donors (Lipinski definition) is 1. The summed E-state index contributed by atoms with van der Waals surface area (Å²) < 4.78 is 0. The second-order valence-corrected chi connectivity index (χ2v) is 3.16. The van der Waals surface area contributed by atoms with Gasteiger partial charge in [-0.15, -0.1) is 0 Å². The lowest BCUT2D eigenvalue weighted by Crippen LogP contribution is -1.99. The molecule has 0 aliphatic carbocycles. The molecule has 0 aliphatic rings. The van der Waals surface area contributed by atoms with Gasteiger partial charge in [0.2, 0.25) is 5.71 Å². The van der Waals surface area contributed by atoms with Crippen LogP contribution in [-0.2, 0) is 0 Å². The molecular weight excluding hydrogens is 230 g/mol. The minimum atomic E-state index is -0.229. The van der Waals surface area contributed by atoms with Crippen molar-refractivity contribution in [2.75, 3.05) is 5.43 Å². The number of hydrogen-bond acceptors (Lipinski definition) is 6. The van der Waals surface area contributed by atoms with Crippen LogP contribution in [0.3, 0.4) is 0 Å². The zero-order valence-corrected chi connectivity index (χ0v) is 9.15. The Morgan fingerprint density at radius 2 is 1.72 bits per heavy atom. The first kappa shape index (κ1) is 11.3. The van der Waals surface area contributed by atoms with Crippen molar-refractivity contribution >= 4 is 11.4 Å². The van der Waals surface area contributed by atoms with E-state index >= 15 is 0 Å². The van der Waals surface area contributed by atoms with E-state index in [4.69, 9.17) is 10.5 Å². The Kier molecular flexibility index (Phi) is 3.29. The van der Waals surface area contributed by atoms with Crippen molar-refractivity contribution < 1.29 is 0 Å². The lowest BCUT2D eigenvalue weighted by Gasteiger charge is -2.02. The van der Waals surface area contributed by atoms with Gasteiger partial charge in [0.15, 0.2) is 0 Å². The molecular formula is C11H7N7. The summed E-state index contributed by atoms with van der Waals surface area (Å²) in [6.45, 7) is 0. The molecule has 0 atom stereocenters. The van der Waals surface area contributed by atoms with Crippen molar-refractivity contribution in [3.63, 3.8) is 0 Å². The third-order valence-corrected chi connectivity index (χ3v) is 2.03. The highest BCUT2D eigenvalue weighted by molar-refractivity contribution is 6.10. The maximum absolute atomic E-state index is 8.51. The zero-order valence-electron chi connectivity index (χ0n) is 9.15. The number of aromatic nitrogens is 3. The monoisotopic (exact) mass is 237 g/mol. The number of benzene rings is 1. The van der Waals surface area contributed by atoms with Crippen molar-refractivity contribution in [2.24, 2.45) is 5.10 Å². The predicted molar refractivity (Wildman–Crippen MR) is 63.6 cm³/mol. The second kappa shape index (κ2) is 5.23. The molecule has 0 radical (unpaired) electrons. The van der Waals surface area contributed by atoms with E-state index in [2.05, 4.69) is 20.7 Å². The molecule has 1 aromatic heterocycles. The number of rotatable bonds is 3. The van der Waals surface area contributed by atoms with Crippen LogP contribution in [0.1, 0.15) is 0 Å². The molecule has 0 bridgehead atoms. The molecule has 0 saturated heterocycles. The minimum absolute atomic E-state index is 0.229. The fourth-order valence-electron chi connectivity index (χ4n) is 1.21.